The number of hydrogen-bond donors (Lipinski definition) is 1. The Morgan fingerprint density at radius 1 is 0.962 bits per heavy atom. The van der Waals surface area contributed by atoms with Crippen LogP contribution in [0.25, 0.3) is 0 Å². The Morgan fingerprint density at radius 2 is 1.62 bits per heavy atom. The van der Waals surface area contributed by atoms with Gasteiger partial charge in [-0.2, -0.15) is 0 Å². The highest BCUT2D eigenvalue weighted by Gasteiger charge is 2.10. The van der Waals surface area contributed by atoms with Crippen molar-refractivity contribution in [2.24, 2.45) is 0 Å². The quantitative estimate of drug-likeness (QED) is 0.699. The van der Waals surface area contributed by atoms with Gasteiger partial charge >= 0.3 is 5.97 Å². The van der Waals surface area contributed by atoms with Crippen LogP contribution in [0.15, 0.2) is 48.5 Å². The second-order valence-corrected chi connectivity index (χ2v) is 5.57. The normalized spacial score (nSPS) is 10.1. The molecule has 0 aliphatic carbocycles. The number of benzene rings is 2. The average molecular weight is 357 g/mol. The topological polar surface area (TPSA) is 73.9 Å². The van der Waals surface area contributed by atoms with E-state index >= 15 is 0 Å². The van der Waals surface area contributed by atoms with Crippen molar-refractivity contribution in [3.05, 3.63) is 59.7 Å². The van der Waals surface area contributed by atoms with Crippen LogP contribution in [0.5, 0.6) is 11.5 Å². The molecule has 0 saturated carbocycles. The number of carbonyl (C=O) groups excluding carboxylic acids is 2. The highest BCUT2D eigenvalue weighted by atomic mass is 16.5. The molecule has 26 heavy (non-hydrogen) atoms. The molecule has 0 aromatic heterocycles. The molecule has 1 amide bonds. The zero-order chi connectivity index (χ0) is 18.8. The van der Waals surface area contributed by atoms with E-state index in [2.05, 4.69) is 5.32 Å². The van der Waals surface area contributed by atoms with Gasteiger partial charge in [-0.15, -0.1) is 0 Å². The molecule has 1 N–H and O–H groups in total. The predicted octanol–water partition coefficient (Wildman–Crippen LogP) is 2.96. The predicted molar refractivity (Wildman–Crippen MR) is 97.4 cm³/mol. The Morgan fingerprint density at radius 3 is 2.23 bits per heavy atom. The van der Waals surface area contributed by atoms with Gasteiger partial charge in [0.15, 0.2) is 6.61 Å². The first-order valence-electron chi connectivity index (χ1n) is 8.42. The molecule has 0 unspecified atom stereocenters. The van der Waals surface area contributed by atoms with Gasteiger partial charge < -0.3 is 19.5 Å². The molecule has 138 valence electrons. The lowest BCUT2D eigenvalue weighted by Gasteiger charge is -2.08. The number of rotatable bonds is 9. The van der Waals surface area contributed by atoms with E-state index in [1.807, 2.05) is 31.2 Å². The molecule has 0 aliphatic heterocycles. The van der Waals surface area contributed by atoms with Gasteiger partial charge in [0, 0.05) is 6.54 Å². The molecule has 6 heteroatoms. The van der Waals surface area contributed by atoms with E-state index in [1.54, 1.807) is 31.4 Å². The first-order valence-corrected chi connectivity index (χ1v) is 8.42. The van der Waals surface area contributed by atoms with E-state index < -0.39 is 5.97 Å². The van der Waals surface area contributed by atoms with E-state index in [9.17, 15) is 9.59 Å². The van der Waals surface area contributed by atoms with Crippen molar-refractivity contribution < 1.29 is 23.8 Å². The van der Waals surface area contributed by atoms with E-state index in [0.717, 1.165) is 17.7 Å². The Labute approximate surface area is 153 Å². The molecule has 0 bridgehead atoms. The lowest BCUT2D eigenvalue weighted by atomic mass is 10.2. The van der Waals surface area contributed by atoms with E-state index in [-0.39, 0.29) is 12.5 Å². The maximum absolute atomic E-state index is 12.0. The van der Waals surface area contributed by atoms with E-state index in [4.69, 9.17) is 14.2 Å². The fraction of sp³-hybridized carbons (Fsp3) is 0.300. The molecule has 0 heterocycles. The summed E-state index contributed by atoms with van der Waals surface area (Å²) in [6, 6.07) is 14.0. The molecule has 0 atom stereocenters. The minimum atomic E-state index is -0.549. The fourth-order valence-electron chi connectivity index (χ4n) is 2.12. The molecule has 0 aliphatic rings. The minimum absolute atomic E-state index is 0.330. The van der Waals surface area contributed by atoms with Crippen LogP contribution in [-0.4, -0.2) is 32.2 Å². The fourth-order valence-corrected chi connectivity index (χ4v) is 2.12. The lowest BCUT2D eigenvalue weighted by molar-refractivity contribution is -0.124. The van der Waals surface area contributed by atoms with Crippen LogP contribution < -0.4 is 14.8 Å². The van der Waals surface area contributed by atoms with Crippen LogP contribution in [0.2, 0.25) is 0 Å². The first-order chi connectivity index (χ1) is 12.6. The van der Waals surface area contributed by atoms with Crippen molar-refractivity contribution in [2.75, 3.05) is 20.3 Å². The largest absolute Gasteiger partial charge is 0.497 e. The van der Waals surface area contributed by atoms with Gasteiger partial charge in [-0.05, 0) is 48.4 Å². The van der Waals surface area contributed by atoms with Crippen molar-refractivity contribution in [2.45, 2.75) is 19.9 Å². The van der Waals surface area contributed by atoms with Crippen molar-refractivity contribution in [1.29, 1.82) is 0 Å². The first kappa shape index (κ1) is 19.3. The number of methoxy groups -OCH3 is 1. The number of amides is 1. The van der Waals surface area contributed by atoms with Gasteiger partial charge in [-0.1, -0.05) is 19.1 Å². The Hall–Kier alpha value is -3.02. The highest BCUT2D eigenvalue weighted by Crippen LogP contribution is 2.13. The summed E-state index contributed by atoms with van der Waals surface area (Å²) in [4.78, 5) is 23.8. The summed E-state index contributed by atoms with van der Waals surface area (Å²) in [5.41, 5.74) is 1.30. The zero-order valence-electron chi connectivity index (χ0n) is 15.0. The van der Waals surface area contributed by atoms with Crippen molar-refractivity contribution in [3.63, 3.8) is 0 Å². The maximum Gasteiger partial charge on any atom is 0.338 e. The standard InChI is InChI=1S/C20H23NO5/c1-3-12-25-18-10-6-16(7-11-18)20(23)26-14-19(22)21-13-15-4-8-17(24-2)9-5-15/h4-11H,3,12-14H2,1-2H3,(H,21,22). The molecule has 6 nitrogen and oxygen atoms in total. The molecule has 2 aromatic carbocycles. The lowest BCUT2D eigenvalue weighted by Crippen LogP contribution is -2.28. The molecule has 0 fully saturated rings. The second-order valence-electron chi connectivity index (χ2n) is 5.57. The molecule has 2 aromatic rings. The molecule has 0 saturated heterocycles. The Balaban J connectivity index is 1.74. The molecular formula is C20H23NO5. The van der Waals surface area contributed by atoms with Crippen LogP contribution in [0.4, 0.5) is 0 Å². The second kappa shape index (κ2) is 10.1. The zero-order valence-corrected chi connectivity index (χ0v) is 15.0. The van der Waals surface area contributed by atoms with Crippen LogP contribution >= 0.6 is 0 Å². The summed E-state index contributed by atoms with van der Waals surface area (Å²) in [5.74, 6) is 0.532. The number of esters is 1. The molecule has 0 spiro atoms. The molecule has 0 radical (unpaired) electrons. The maximum atomic E-state index is 12.0. The van der Waals surface area contributed by atoms with Crippen molar-refractivity contribution in [1.82, 2.24) is 5.32 Å². The third-order valence-corrected chi connectivity index (χ3v) is 3.55. The van der Waals surface area contributed by atoms with Crippen LogP contribution in [-0.2, 0) is 16.1 Å². The molecular weight excluding hydrogens is 334 g/mol. The number of nitrogens with one attached hydrogen (secondary N) is 1. The van der Waals surface area contributed by atoms with Gasteiger partial charge in [-0.3, -0.25) is 4.79 Å². The van der Waals surface area contributed by atoms with Gasteiger partial charge in [0.1, 0.15) is 11.5 Å². The minimum Gasteiger partial charge on any atom is -0.497 e. The molecule has 2 rings (SSSR count). The van der Waals surface area contributed by atoms with Crippen molar-refractivity contribution >= 4 is 11.9 Å². The summed E-state index contributed by atoms with van der Waals surface area (Å²) in [5, 5.41) is 2.70. The number of ether oxygens (including phenoxy) is 3. The smallest absolute Gasteiger partial charge is 0.338 e. The van der Waals surface area contributed by atoms with Crippen LogP contribution in [0.3, 0.4) is 0 Å². The van der Waals surface area contributed by atoms with Gasteiger partial charge in [-0.25, -0.2) is 4.79 Å². The summed E-state index contributed by atoms with van der Waals surface area (Å²) in [6.07, 6.45) is 0.912. The van der Waals surface area contributed by atoms with Gasteiger partial charge in [0.2, 0.25) is 0 Å². The highest BCUT2D eigenvalue weighted by molar-refractivity contribution is 5.91. The van der Waals surface area contributed by atoms with E-state index in [1.165, 1.54) is 0 Å². The summed E-state index contributed by atoms with van der Waals surface area (Å²) in [6.45, 7) is 2.66. The van der Waals surface area contributed by atoms with E-state index in [0.29, 0.717) is 24.5 Å². The third kappa shape index (κ3) is 6.12. The third-order valence-electron chi connectivity index (χ3n) is 3.55. The Bertz CT molecular complexity index is 710. The van der Waals surface area contributed by atoms with Crippen molar-refractivity contribution in [3.8, 4) is 11.5 Å². The Kier molecular flexibility index (Phi) is 7.49. The monoisotopic (exact) mass is 357 g/mol. The van der Waals surface area contributed by atoms with Gasteiger partial charge in [0.05, 0.1) is 19.3 Å². The number of hydrogen-bond acceptors (Lipinski definition) is 5. The SMILES string of the molecule is CCCOc1ccc(C(=O)OCC(=O)NCc2ccc(OC)cc2)cc1. The van der Waals surface area contributed by atoms with Crippen LogP contribution in [0, 0.1) is 0 Å². The average Bonchev–Trinajstić information content (AvgIpc) is 2.69. The van der Waals surface area contributed by atoms with Crippen LogP contribution in [0.1, 0.15) is 29.3 Å². The summed E-state index contributed by atoms with van der Waals surface area (Å²) >= 11 is 0. The number of carbonyl (C=O) groups is 2. The van der Waals surface area contributed by atoms with Gasteiger partial charge in [0.25, 0.3) is 5.91 Å². The summed E-state index contributed by atoms with van der Waals surface area (Å²) in [7, 11) is 1.59. The summed E-state index contributed by atoms with van der Waals surface area (Å²) < 4.78 is 15.6.